The van der Waals surface area contributed by atoms with Crippen LogP contribution in [0.5, 0.6) is 0 Å². The monoisotopic (exact) mass is 306 g/mol. The van der Waals surface area contributed by atoms with E-state index in [-0.39, 0.29) is 0 Å². The van der Waals surface area contributed by atoms with Crippen LogP contribution in [-0.4, -0.2) is 35.6 Å². The quantitative estimate of drug-likeness (QED) is 0.855. The maximum absolute atomic E-state index is 5.87. The molecule has 1 aromatic carbocycles. The summed E-state index contributed by atoms with van der Waals surface area (Å²) in [7, 11) is 3.79. The fraction of sp³-hybridized carbons (Fsp3) is 0.357. The molecule has 0 amide bonds. The van der Waals surface area contributed by atoms with Gasteiger partial charge in [0.05, 0.1) is 0 Å². The highest BCUT2D eigenvalue weighted by Crippen LogP contribution is 2.13. The minimum atomic E-state index is 0.541. The van der Waals surface area contributed by atoms with Crippen molar-refractivity contribution in [3.8, 4) is 0 Å². The van der Waals surface area contributed by atoms with Gasteiger partial charge in [0.1, 0.15) is 0 Å². The SMILES string of the molecule is CCNc1nc(NCc2ccc(Cl)cc2)nc(N(C)C)n1. The Morgan fingerprint density at radius 2 is 1.62 bits per heavy atom. The standard InChI is InChI=1S/C14H19ClN6/c1-4-16-12-18-13(20-14(19-12)21(2)3)17-9-10-5-7-11(15)8-6-10/h5-8H,4,9H2,1-3H3,(H2,16,17,18,19,20). The molecule has 0 unspecified atom stereocenters. The minimum Gasteiger partial charge on any atom is -0.354 e. The van der Waals surface area contributed by atoms with Crippen LogP contribution in [0.1, 0.15) is 12.5 Å². The van der Waals surface area contributed by atoms with E-state index in [4.69, 9.17) is 11.6 Å². The van der Waals surface area contributed by atoms with Crippen molar-refractivity contribution in [2.45, 2.75) is 13.5 Å². The topological polar surface area (TPSA) is 66.0 Å². The Kier molecular flexibility index (Phi) is 5.16. The molecule has 0 radical (unpaired) electrons. The smallest absolute Gasteiger partial charge is 0.231 e. The fourth-order valence-electron chi connectivity index (χ4n) is 1.66. The van der Waals surface area contributed by atoms with Crippen molar-refractivity contribution in [1.29, 1.82) is 0 Å². The lowest BCUT2D eigenvalue weighted by atomic mass is 10.2. The van der Waals surface area contributed by atoms with E-state index in [9.17, 15) is 0 Å². The van der Waals surface area contributed by atoms with Gasteiger partial charge < -0.3 is 15.5 Å². The van der Waals surface area contributed by atoms with Gasteiger partial charge in [-0.05, 0) is 24.6 Å². The predicted molar refractivity (Wildman–Crippen MR) is 87.1 cm³/mol. The summed E-state index contributed by atoms with van der Waals surface area (Å²) in [4.78, 5) is 14.9. The average molecular weight is 307 g/mol. The molecule has 0 aliphatic carbocycles. The number of anilines is 3. The third-order valence-electron chi connectivity index (χ3n) is 2.72. The van der Waals surface area contributed by atoms with E-state index in [1.54, 1.807) is 0 Å². The molecule has 7 heteroatoms. The first-order valence-corrected chi connectivity index (χ1v) is 7.12. The molecule has 6 nitrogen and oxygen atoms in total. The van der Waals surface area contributed by atoms with Gasteiger partial charge in [-0.25, -0.2) is 0 Å². The summed E-state index contributed by atoms with van der Waals surface area (Å²) < 4.78 is 0. The summed E-state index contributed by atoms with van der Waals surface area (Å²) in [6.45, 7) is 3.38. The van der Waals surface area contributed by atoms with Crippen LogP contribution >= 0.6 is 11.6 Å². The molecular weight excluding hydrogens is 288 g/mol. The zero-order valence-electron chi connectivity index (χ0n) is 12.4. The molecule has 0 atom stereocenters. The maximum atomic E-state index is 5.87. The van der Waals surface area contributed by atoms with E-state index in [0.717, 1.165) is 17.1 Å². The molecule has 21 heavy (non-hydrogen) atoms. The molecule has 2 N–H and O–H groups in total. The first-order valence-electron chi connectivity index (χ1n) is 6.74. The zero-order chi connectivity index (χ0) is 15.2. The van der Waals surface area contributed by atoms with Crippen LogP contribution in [0, 0.1) is 0 Å². The molecular formula is C14H19ClN6. The summed E-state index contributed by atoms with van der Waals surface area (Å²) in [5, 5.41) is 7.03. The number of benzene rings is 1. The van der Waals surface area contributed by atoms with Crippen LogP contribution in [0.15, 0.2) is 24.3 Å². The van der Waals surface area contributed by atoms with Gasteiger partial charge in [0, 0.05) is 32.2 Å². The van der Waals surface area contributed by atoms with Crippen molar-refractivity contribution < 1.29 is 0 Å². The summed E-state index contributed by atoms with van der Waals surface area (Å²) in [6.07, 6.45) is 0. The third-order valence-corrected chi connectivity index (χ3v) is 2.97. The number of nitrogens with zero attached hydrogens (tertiary/aromatic N) is 4. The second-order valence-corrected chi connectivity index (χ2v) is 5.12. The zero-order valence-corrected chi connectivity index (χ0v) is 13.1. The number of hydrogen-bond acceptors (Lipinski definition) is 6. The van der Waals surface area contributed by atoms with Gasteiger partial charge in [-0.1, -0.05) is 23.7 Å². The molecule has 0 fully saturated rings. The largest absolute Gasteiger partial charge is 0.354 e. The second kappa shape index (κ2) is 7.08. The van der Waals surface area contributed by atoms with Crippen molar-refractivity contribution in [1.82, 2.24) is 15.0 Å². The number of aromatic nitrogens is 3. The van der Waals surface area contributed by atoms with Gasteiger partial charge in [0.25, 0.3) is 0 Å². The number of rotatable bonds is 6. The normalized spacial score (nSPS) is 10.3. The molecule has 0 saturated carbocycles. The molecule has 0 aliphatic rings. The minimum absolute atomic E-state index is 0.541. The lowest BCUT2D eigenvalue weighted by molar-refractivity contribution is 0.936. The molecule has 1 aromatic heterocycles. The third kappa shape index (κ3) is 4.46. The van der Waals surface area contributed by atoms with Crippen LogP contribution in [-0.2, 0) is 6.54 Å². The van der Waals surface area contributed by atoms with Gasteiger partial charge in [0.15, 0.2) is 0 Å². The van der Waals surface area contributed by atoms with Crippen molar-refractivity contribution >= 4 is 29.4 Å². The molecule has 1 heterocycles. The highest BCUT2D eigenvalue weighted by molar-refractivity contribution is 6.30. The summed E-state index contributed by atoms with van der Waals surface area (Å²) in [5.41, 5.74) is 1.11. The van der Waals surface area contributed by atoms with Crippen LogP contribution in [0.3, 0.4) is 0 Å². The number of nitrogens with one attached hydrogen (secondary N) is 2. The van der Waals surface area contributed by atoms with Crippen LogP contribution in [0.2, 0.25) is 5.02 Å². The Morgan fingerprint density at radius 1 is 1.00 bits per heavy atom. The van der Waals surface area contributed by atoms with Crippen molar-refractivity contribution in [3.63, 3.8) is 0 Å². The van der Waals surface area contributed by atoms with Gasteiger partial charge in [0.2, 0.25) is 17.8 Å². The van der Waals surface area contributed by atoms with Crippen molar-refractivity contribution in [2.24, 2.45) is 0 Å². The fourth-order valence-corrected chi connectivity index (χ4v) is 1.79. The Balaban J connectivity index is 2.12. The molecule has 0 spiro atoms. The van der Waals surface area contributed by atoms with Crippen molar-refractivity contribution in [2.75, 3.05) is 36.2 Å². The van der Waals surface area contributed by atoms with Crippen LogP contribution in [0.4, 0.5) is 17.8 Å². The van der Waals surface area contributed by atoms with Gasteiger partial charge in [-0.2, -0.15) is 15.0 Å². The van der Waals surface area contributed by atoms with Crippen LogP contribution in [0.25, 0.3) is 0 Å². The van der Waals surface area contributed by atoms with E-state index in [1.165, 1.54) is 0 Å². The molecule has 2 aromatic rings. The van der Waals surface area contributed by atoms with Gasteiger partial charge in [-0.15, -0.1) is 0 Å². The highest BCUT2D eigenvalue weighted by atomic mass is 35.5. The first-order chi connectivity index (χ1) is 10.1. The van der Waals surface area contributed by atoms with Crippen LogP contribution < -0.4 is 15.5 Å². The lowest BCUT2D eigenvalue weighted by Gasteiger charge is -2.13. The number of halogens is 1. The predicted octanol–water partition coefficient (Wildman–Crippen LogP) is 2.63. The lowest BCUT2D eigenvalue weighted by Crippen LogP contribution is -2.17. The summed E-state index contributed by atoms with van der Waals surface area (Å²) >= 11 is 5.87. The first kappa shape index (κ1) is 15.3. The molecule has 0 bridgehead atoms. The molecule has 112 valence electrons. The van der Waals surface area contributed by atoms with Gasteiger partial charge >= 0.3 is 0 Å². The Labute approximate surface area is 129 Å². The van der Waals surface area contributed by atoms with E-state index in [2.05, 4.69) is 25.6 Å². The highest BCUT2D eigenvalue weighted by Gasteiger charge is 2.07. The van der Waals surface area contributed by atoms with Crippen molar-refractivity contribution in [3.05, 3.63) is 34.9 Å². The summed E-state index contributed by atoms with van der Waals surface area (Å²) in [5.74, 6) is 1.72. The maximum Gasteiger partial charge on any atom is 0.231 e. The van der Waals surface area contributed by atoms with Gasteiger partial charge in [-0.3, -0.25) is 0 Å². The summed E-state index contributed by atoms with van der Waals surface area (Å²) in [6, 6.07) is 7.66. The molecule has 2 rings (SSSR count). The Morgan fingerprint density at radius 3 is 2.19 bits per heavy atom. The van der Waals surface area contributed by atoms with E-state index in [1.807, 2.05) is 50.2 Å². The Bertz CT molecular complexity index is 585. The Hall–Kier alpha value is -2.08. The molecule has 0 aliphatic heterocycles. The molecule has 0 saturated heterocycles. The van der Waals surface area contributed by atoms with E-state index >= 15 is 0 Å². The van der Waals surface area contributed by atoms with E-state index in [0.29, 0.717) is 24.4 Å². The average Bonchev–Trinajstić information content (AvgIpc) is 2.47. The van der Waals surface area contributed by atoms with E-state index < -0.39 is 0 Å². The second-order valence-electron chi connectivity index (χ2n) is 4.69. The number of hydrogen-bond donors (Lipinski definition) is 2.